The second kappa shape index (κ2) is 11.1. The zero-order valence-corrected chi connectivity index (χ0v) is 19.9. The van der Waals surface area contributed by atoms with Crippen LogP contribution in [0.25, 0.3) is 0 Å². The van der Waals surface area contributed by atoms with Gasteiger partial charge in [0.15, 0.2) is 0 Å². The fraction of sp³-hybridized carbons (Fsp3) is 0.222. The van der Waals surface area contributed by atoms with E-state index in [4.69, 9.17) is 17.3 Å². The third-order valence-corrected chi connectivity index (χ3v) is 6.24. The number of carbonyl (C=O) groups is 3. The van der Waals surface area contributed by atoms with Crippen molar-refractivity contribution in [2.75, 3.05) is 21.7 Å². The molecule has 0 radical (unpaired) electrons. The summed E-state index contributed by atoms with van der Waals surface area (Å²) >= 11 is 5.97. The lowest BCUT2D eigenvalue weighted by Crippen LogP contribution is -2.51. The van der Waals surface area contributed by atoms with E-state index in [0.29, 0.717) is 29.4 Å². The Bertz CT molecular complexity index is 1180. The molecule has 1 aliphatic heterocycles. The number of nitrogens with one attached hydrogen (secondary N) is 1. The molecule has 1 saturated heterocycles. The molecule has 1 aliphatic rings. The molecule has 8 heteroatoms. The van der Waals surface area contributed by atoms with Gasteiger partial charge in [0.25, 0.3) is 0 Å². The molecular weight excluding hydrogens is 464 g/mol. The third kappa shape index (κ3) is 6.00. The Kier molecular flexibility index (Phi) is 7.67. The van der Waals surface area contributed by atoms with Crippen LogP contribution < -0.4 is 20.9 Å². The Morgan fingerprint density at radius 1 is 0.971 bits per heavy atom. The zero-order chi connectivity index (χ0) is 24.8. The maximum Gasteiger partial charge on any atom is 0.327 e. The van der Waals surface area contributed by atoms with Crippen molar-refractivity contribution in [3.8, 4) is 0 Å². The number of nitrogens with zero attached hydrogens (tertiary/aromatic N) is 2. The molecule has 7 nitrogen and oxygen atoms in total. The molecule has 3 aromatic carbocycles. The minimum absolute atomic E-state index is 0.0837. The topological polar surface area (TPSA) is 95.7 Å². The van der Waals surface area contributed by atoms with Gasteiger partial charge in [0.1, 0.15) is 6.04 Å². The van der Waals surface area contributed by atoms with E-state index in [-0.39, 0.29) is 12.3 Å². The quantitative estimate of drug-likeness (QED) is 0.488. The van der Waals surface area contributed by atoms with E-state index in [2.05, 4.69) is 5.32 Å². The molecule has 0 bridgehead atoms. The first-order chi connectivity index (χ1) is 16.9. The third-order valence-electron chi connectivity index (χ3n) is 5.99. The first-order valence-corrected chi connectivity index (χ1v) is 11.9. The Balaban J connectivity index is 1.66. The lowest BCUT2D eigenvalue weighted by atomic mass is 10.0. The van der Waals surface area contributed by atoms with Gasteiger partial charge in [0, 0.05) is 41.5 Å². The number of piperidine rings is 1. The van der Waals surface area contributed by atoms with Gasteiger partial charge in [-0.25, -0.2) is 4.79 Å². The molecular formula is C27H27ClN4O3. The largest absolute Gasteiger partial charge is 0.368 e. The highest BCUT2D eigenvalue weighted by Crippen LogP contribution is 2.27. The Labute approximate surface area is 209 Å². The van der Waals surface area contributed by atoms with Crippen LogP contribution in [0.2, 0.25) is 5.02 Å². The number of hydrogen-bond donors (Lipinski definition) is 2. The molecule has 0 aromatic heterocycles. The number of urea groups is 1. The summed E-state index contributed by atoms with van der Waals surface area (Å²) in [7, 11) is 0. The number of carbonyl (C=O) groups excluding carboxylic acids is 3. The number of nitrogens with two attached hydrogens (primary N) is 1. The second-order valence-electron chi connectivity index (χ2n) is 8.43. The maximum atomic E-state index is 13.5. The van der Waals surface area contributed by atoms with Crippen LogP contribution in [-0.2, 0) is 16.0 Å². The van der Waals surface area contributed by atoms with Gasteiger partial charge < -0.3 is 16.0 Å². The van der Waals surface area contributed by atoms with E-state index in [0.717, 1.165) is 24.1 Å². The molecule has 0 unspecified atom stereocenters. The summed E-state index contributed by atoms with van der Waals surface area (Å²) in [5.41, 5.74) is 8.46. The van der Waals surface area contributed by atoms with E-state index in [9.17, 15) is 14.4 Å². The fourth-order valence-corrected chi connectivity index (χ4v) is 4.31. The van der Waals surface area contributed by atoms with Crippen molar-refractivity contribution in [3.63, 3.8) is 0 Å². The van der Waals surface area contributed by atoms with E-state index in [1.807, 2.05) is 30.3 Å². The molecule has 1 heterocycles. The minimum atomic E-state index is -0.938. The van der Waals surface area contributed by atoms with Crippen molar-refractivity contribution >= 4 is 46.5 Å². The van der Waals surface area contributed by atoms with Gasteiger partial charge in [0.2, 0.25) is 11.8 Å². The number of halogens is 1. The lowest BCUT2D eigenvalue weighted by Gasteiger charge is -2.31. The molecule has 1 atom stereocenters. The molecule has 0 saturated carbocycles. The number of anilines is 3. The van der Waals surface area contributed by atoms with E-state index in [1.165, 1.54) is 4.90 Å². The predicted octanol–water partition coefficient (Wildman–Crippen LogP) is 4.99. The highest BCUT2D eigenvalue weighted by molar-refractivity contribution is 6.30. The van der Waals surface area contributed by atoms with Crippen molar-refractivity contribution in [3.05, 3.63) is 89.4 Å². The van der Waals surface area contributed by atoms with Crippen LogP contribution in [0.4, 0.5) is 21.9 Å². The van der Waals surface area contributed by atoms with Crippen molar-refractivity contribution in [1.82, 2.24) is 0 Å². The monoisotopic (exact) mass is 490 g/mol. The van der Waals surface area contributed by atoms with Gasteiger partial charge in [0.05, 0.1) is 0 Å². The van der Waals surface area contributed by atoms with Crippen molar-refractivity contribution in [2.24, 2.45) is 5.73 Å². The average Bonchev–Trinajstić information content (AvgIpc) is 2.86. The zero-order valence-electron chi connectivity index (χ0n) is 19.2. The lowest BCUT2D eigenvalue weighted by molar-refractivity contribution is -0.120. The summed E-state index contributed by atoms with van der Waals surface area (Å²) in [6, 6.07) is 21.7. The highest BCUT2D eigenvalue weighted by atomic mass is 35.5. The molecule has 4 rings (SSSR count). The van der Waals surface area contributed by atoms with Gasteiger partial charge in [-0.1, -0.05) is 41.9 Å². The van der Waals surface area contributed by atoms with Crippen molar-refractivity contribution in [2.45, 2.75) is 31.7 Å². The van der Waals surface area contributed by atoms with Gasteiger partial charge >= 0.3 is 6.03 Å². The number of primary amides is 1. The standard InChI is InChI=1S/C27H27ClN4O3/c28-20-9-11-21(12-10-20)30-27(35)32(24(26(29)34)18-19-6-2-1-3-7-19)23-15-13-22(14-16-23)31-17-5-4-8-25(31)33/h1-3,6-7,9-16,24H,4-5,8,17-18H2,(H2,29,34)(H,30,35)/t24-/m0/s1. The molecule has 0 aliphatic carbocycles. The van der Waals surface area contributed by atoms with Crippen LogP contribution in [0.3, 0.4) is 0 Å². The molecule has 3 aromatic rings. The summed E-state index contributed by atoms with van der Waals surface area (Å²) in [5, 5.41) is 3.37. The van der Waals surface area contributed by atoms with E-state index >= 15 is 0 Å². The number of hydrogen-bond acceptors (Lipinski definition) is 3. The Hall–Kier alpha value is -3.84. The molecule has 1 fully saturated rings. The summed E-state index contributed by atoms with van der Waals surface area (Å²) in [6.07, 6.45) is 2.62. The molecule has 4 amide bonds. The number of benzene rings is 3. The molecule has 3 N–H and O–H groups in total. The number of rotatable bonds is 7. The van der Waals surface area contributed by atoms with E-state index < -0.39 is 18.0 Å². The van der Waals surface area contributed by atoms with Crippen LogP contribution in [0.15, 0.2) is 78.9 Å². The molecule has 180 valence electrons. The van der Waals surface area contributed by atoms with Crippen LogP contribution >= 0.6 is 11.6 Å². The first-order valence-electron chi connectivity index (χ1n) is 11.5. The van der Waals surface area contributed by atoms with Crippen LogP contribution in [0.1, 0.15) is 24.8 Å². The normalized spacial score (nSPS) is 14.3. The van der Waals surface area contributed by atoms with Gasteiger partial charge in [-0.2, -0.15) is 0 Å². The predicted molar refractivity (Wildman–Crippen MR) is 139 cm³/mol. The summed E-state index contributed by atoms with van der Waals surface area (Å²) < 4.78 is 0. The molecule has 35 heavy (non-hydrogen) atoms. The van der Waals surface area contributed by atoms with Crippen molar-refractivity contribution < 1.29 is 14.4 Å². The summed E-state index contributed by atoms with van der Waals surface area (Å²) in [5.74, 6) is -0.546. The SMILES string of the molecule is NC(=O)[C@H](Cc1ccccc1)N(C(=O)Nc1ccc(Cl)cc1)c1ccc(N2CCCCC2=O)cc1. The van der Waals surface area contributed by atoms with Gasteiger partial charge in [-0.15, -0.1) is 0 Å². The smallest absolute Gasteiger partial charge is 0.327 e. The minimum Gasteiger partial charge on any atom is -0.368 e. The highest BCUT2D eigenvalue weighted by Gasteiger charge is 2.30. The van der Waals surface area contributed by atoms with Crippen LogP contribution in [0.5, 0.6) is 0 Å². The summed E-state index contributed by atoms with van der Waals surface area (Å²) in [6.45, 7) is 0.664. The molecule has 0 spiro atoms. The van der Waals surface area contributed by atoms with Crippen LogP contribution in [0, 0.1) is 0 Å². The van der Waals surface area contributed by atoms with E-state index in [1.54, 1.807) is 53.4 Å². The second-order valence-corrected chi connectivity index (χ2v) is 8.87. The van der Waals surface area contributed by atoms with Crippen molar-refractivity contribution in [1.29, 1.82) is 0 Å². The Morgan fingerprint density at radius 3 is 2.29 bits per heavy atom. The first kappa shape index (κ1) is 24.3. The number of amides is 4. The summed E-state index contributed by atoms with van der Waals surface area (Å²) in [4.78, 5) is 41.5. The van der Waals surface area contributed by atoms with Gasteiger partial charge in [-0.05, 0) is 66.9 Å². The fourth-order valence-electron chi connectivity index (χ4n) is 4.18. The maximum absolute atomic E-state index is 13.5. The van der Waals surface area contributed by atoms with Gasteiger partial charge in [-0.3, -0.25) is 14.5 Å². The average molecular weight is 491 g/mol. The van der Waals surface area contributed by atoms with Crippen LogP contribution in [-0.4, -0.2) is 30.4 Å². The Morgan fingerprint density at radius 2 is 1.66 bits per heavy atom.